The molecule has 0 atom stereocenters. The van der Waals surface area contributed by atoms with Gasteiger partial charge in [0.1, 0.15) is 6.61 Å². The molecule has 7 heteroatoms. The Morgan fingerprint density at radius 1 is 1.19 bits per heavy atom. The van der Waals surface area contributed by atoms with Gasteiger partial charge in [-0.05, 0) is 55.0 Å². The minimum atomic E-state index is 0.434. The van der Waals surface area contributed by atoms with Gasteiger partial charge in [-0.3, -0.25) is 0 Å². The molecule has 0 unspecified atom stereocenters. The molecule has 5 nitrogen and oxygen atoms in total. The summed E-state index contributed by atoms with van der Waals surface area (Å²) >= 11 is 11.0. The minimum absolute atomic E-state index is 0.434. The van der Waals surface area contributed by atoms with Crippen LogP contribution >= 0.6 is 23.8 Å². The molecule has 3 N–H and O–H groups in total. The van der Waals surface area contributed by atoms with Crippen molar-refractivity contribution in [2.75, 3.05) is 13.2 Å². The normalized spacial score (nSPS) is 10.4. The van der Waals surface area contributed by atoms with Crippen LogP contribution in [-0.4, -0.2) is 24.5 Å². The summed E-state index contributed by atoms with van der Waals surface area (Å²) in [7, 11) is 0. The number of hydrazone groups is 1. The predicted molar refractivity (Wildman–Crippen MR) is 113 cm³/mol. The molecule has 2 aromatic carbocycles. The summed E-state index contributed by atoms with van der Waals surface area (Å²) in [4.78, 5) is 0. The van der Waals surface area contributed by atoms with Crippen molar-refractivity contribution in [3.05, 3.63) is 71.3 Å². The van der Waals surface area contributed by atoms with Crippen LogP contribution in [0.25, 0.3) is 0 Å². The molecule has 0 fully saturated rings. The fourth-order valence-electron chi connectivity index (χ4n) is 2.14. The maximum atomic E-state index is 5.91. The summed E-state index contributed by atoms with van der Waals surface area (Å²) in [6.07, 6.45) is 3.52. The number of rotatable bonds is 9. The maximum Gasteiger partial charge on any atom is 0.224 e. The quantitative estimate of drug-likeness (QED) is 0.259. The topological polar surface area (TPSA) is 56.5 Å². The number of ether oxygens (including phenoxy) is 2. The van der Waals surface area contributed by atoms with Gasteiger partial charge in [-0.15, -0.1) is 17.1 Å². The highest BCUT2D eigenvalue weighted by Crippen LogP contribution is 2.28. The summed E-state index contributed by atoms with van der Waals surface area (Å²) in [6.45, 7) is 7.13. The largest absolute Gasteiger partial charge is 0.490 e. The number of halogens is 1. The zero-order valence-corrected chi connectivity index (χ0v) is 16.7. The van der Waals surface area contributed by atoms with Crippen LogP contribution in [0.4, 0.5) is 0 Å². The van der Waals surface area contributed by atoms with Crippen LogP contribution in [-0.2, 0) is 6.61 Å². The van der Waals surface area contributed by atoms with Gasteiger partial charge in [0.25, 0.3) is 0 Å². The molecule has 0 aromatic heterocycles. The molecule has 0 heterocycles. The van der Waals surface area contributed by atoms with Crippen molar-refractivity contribution in [3.63, 3.8) is 0 Å². The van der Waals surface area contributed by atoms with Gasteiger partial charge in [-0.2, -0.15) is 0 Å². The van der Waals surface area contributed by atoms with Crippen molar-refractivity contribution in [3.8, 4) is 11.5 Å². The minimum Gasteiger partial charge on any atom is -0.490 e. The second kappa shape index (κ2) is 11.2. The van der Waals surface area contributed by atoms with Crippen LogP contribution in [0.3, 0.4) is 0 Å². The lowest BCUT2D eigenvalue weighted by atomic mass is 10.2. The lowest BCUT2D eigenvalue weighted by Gasteiger charge is -2.12. The van der Waals surface area contributed by atoms with Gasteiger partial charge < -0.3 is 14.8 Å². The molecular formula is C20H23ClN3O2S+. The average molecular weight is 405 g/mol. The fraction of sp³-hybridized carbons (Fsp3) is 0.200. The van der Waals surface area contributed by atoms with Gasteiger partial charge in [0.05, 0.1) is 6.61 Å². The zero-order valence-electron chi connectivity index (χ0n) is 15.1. The first kappa shape index (κ1) is 20.7. The third kappa shape index (κ3) is 7.29. The number of hydrogen-bond donors (Lipinski definition) is 3. The Morgan fingerprint density at radius 2 is 1.96 bits per heavy atom. The van der Waals surface area contributed by atoms with Crippen LogP contribution in [0.2, 0.25) is 5.02 Å². The predicted octanol–water partition coefficient (Wildman–Crippen LogP) is 2.38. The molecular weight excluding hydrogens is 382 g/mol. The van der Waals surface area contributed by atoms with Crippen LogP contribution < -0.4 is 25.3 Å². The SMILES string of the molecule is C=CCNC(=S)N[NH+]=Cc1ccc(OCc2ccc(Cl)cc2)c(OCC)c1. The van der Waals surface area contributed by atoms with E-state index in [0.717, 1.165) is 11.1 Å². The van der Waals surface area contributed by atoms with Crippen LogP contribution in [0.15, 0.2) is 55.1 Å². The molecule has 0 bridgehead atoms. The lowest BCUT2D eigenvalue weighted by molar-refractivity contribution is -0.500. The van der Waals surface area contributed by atoms with Crippen molar-refractivity contribution in [1.82, 2.24) is 10.7 Å². The van der Waals surface area contributed by atoms with Crippen LogP contribution in [0.5, 0.6) is 11.5 Å². The Labute approximate surface area is 170 Å². The monoisotopic (exact) mass is 404 g/mol. The number of hydrazine groups is 1. The molecule has 27 heavy (non-hydrogen) atoms. The Kier molecular flexibility index (Phi) is 8.61. The molecule has 2 rings (SSSR count). The molecule has 0 spiro atoms. The smallest absolute Gasteiger partial charge is 0.224 e. The summed E-state index contributed by atoms with van der Waals surface area (Å²) in [5.41, 5.74) is 4.81. The summed E-state index contributed by atoms with van der Waals surface area (Å²) < 4.78 is 11.6. The van der Waals surface area contributed by atoms with Gasteiger partial charge in [-0.25, -0.2) is 0 Å². The first-order chi connectivity index (χ1) is 13.1. The molecule has 2 aromatic rings. The maximum absolute atomic E-state index is 5.91. The molecule has 0 aliphatic carbocycles. The third-order valence-electron chi connectivity index (χ3n) is 3.41. The summed E-state index contributed by atoms with van der Waals surface area (Å²) in [5, 5.41) is 7.09. The van der Waals surface area contributed by atoms with Gasteiger partial charge in [0.15, 0.2) is 17.7 Å². The Bertz CT molecular complexity index is 794. The molecule has 0 saturated carbocycles. The van der Waals surface area contributed by atoms with Gasteiger partial charge in [0.2, 0.25) is 5.11 Å². The van der Waals surface area contributed by atoms with Crippen LogP contribution in [0.1, 0.15) is 18.1 Å². The number of nitrogens with one attached hydrogen (secondary N) is 3. The van der Waals surface area contributed by atoms with E-state index in [1.807, 2.05) is 49.4 Å². The molecule has 0 aliphatic rings. The highest BCUT2D eigenvalue weighted by molar-refractivity contribution is 7.80. The van der Waals surface area contributed by atoms with E-state index in [-0.39, 0.29) is 0 Å². The molecule has 0 saturated heterocycles. The van der Waals surface area contributed by atoms with Gasteiger partial charge in [-0.1, -0.05) is 29.8 Å². The number of benzene rings is 2. The van der Waals surface area contributed by atoms with Gasteiger partial charge in [0, 0.05) is 17.1 Å². The first-order valence-corrected chi connectivity index (χ1v) is 9.28. The van der Waals surface area contributed by atoms with E-state index in [4.69, 9.17) is 33.3 Å². The number of hydrogen-bond acceptors (Lipinski definition) is 3. The van der Waals surface area contributed by atoms with E-state index >= 15 is 0 Å². The molecule has 0 radical (unpaired) electrons. The van der Waals surface area contributed by atoms with E-state index in [1.54, 1.807) is 12.3 Å². The van der Waals surface area contributed by atoms with Crippen molar-refractivity contribution < 1.29 is 14.6 Å². The average Bonchev–Trinajstić information content (AvgIpc) is 2.67. The summed E-state index contributed by atoms with van der Waals surface area (Å²) in [5.74, 6) is 1.36. The van der Waals surface area contributed by atoms with E-state index in [1.165, 1.54) is 0 Å². The lowest BCUT2D eigenvalue weighted by Crippen LogP contribution is -2.82. The summed E-state index contributed by atoms with van der Waals surface area (Å²) in [6, 6.07) is 13.3. The second-order valence-electron chi connectivity index (χ2n) is 5.47. The first-order valence-electron chi connectivity index (χ1n) is 8.50. The molecule has 0 aliphatic heterocycles. The molecule has 142 valence electrons. The van der Waals surface area contributed by atoms with Crippen LogP contribution in [0, 0.1) is 0 Å². The molecule has 0 amide bonds. The van der Waals surface area contributed by atoms with E-state index < -0.39 is 0 Å². The van der Waals surface area contributed by atoms with Gasteiger partial charge >= 0.3 is 0 Å². The zero-order chi connectivity index (χ0) is 19.5. The van der Waals surface area contributed by atoms with E-state index in [0.29, 0.717) is 41.4 Å². The highest BCUT2D eigenvalue weighted by atomic mass is 35.5. The number of thiocarbonyl (C=S) groups is 1. The standard InChI is InChI=1S/C20H22ClN3O2S/c1-3-11-22-20(27)24-23-13-16-7-10-18(19(12-16)25-4-2)26-14-15-5-8-17(21)9-6-15/h3,5-10,12-13H,1,4,11,14H2,2H3,(H2,22,24,27)/p+1. The van der Waals surface area contributed by atoms with Crippen molar-refractivity contribution >= 4 is 35.1 Å². The second-order valence-corrected chi connectivity index (χ2v) is 6.31. The fourth-order valence-corrected chi connectivity index (χ4v) is 2.41. The third-order valence-corrected chi connectivity index (χ3v) is 3.91. The Morgan fingerprint density at radius 3 is 2.67 bits per heavy atom. The highest BCUT2D eigenvalue weighted by Gasteiger charge is 2.08. The van der Waals surface area contributed by atoms with E-state index in [9.17, 15) is 0 Å². The Balaban J connectivity index is 2.01. The van der Waals surface area contributed by atoms with E-state index in [2.05, 4.69) is 22.4 Å². The van der Waals surface area contributed by atoms with Crippen molar-refractivity contribution in [1.29, 1.82) is 0 Å². The van der Waals surface area contributed by atoms with Crippen molar-refractivity contribution in [2.24, 2.45) is 0 Å². The Hall–Kier alpha value is -2.57. The van der Waals surface area contributed by atoms with Crippen molar-refractivity contribution in [2.45, 2.75) is 13.5 Å².